The smallest absolute Gasteiger partial charge is 0.192 e. The number of hydrogen-bond donors (Lipinski definition) is 1. The monoisotopic (exact) mass is 263 g/mol. The molecular weight excluding hydrogens is 246 g/mol. The Morgan fingerprint density at radius 2 is 2.00 bits per heavy atom. The van der Waals surface area contributed by atoms with Gasteiger partial charge >= 0.3 is 0 Å². The SMILES string of the molecule is CCCCc1c(C)[nH]c2c(C)c(Cl)ccc2c1=O. The Balaban J connectivity index is 2.72. The Hall–Kier alpha value is -1.28. The number of halogens is 1. The number of H-pyrrole nitrogens is 1. The maximum Gasteiger partial charge on any atom is 0.192 e. The van der Waals surface area contributed by atoms with Crippen molar-refractivity contribution in [1.29, 1.82) is 0 Å². The van der Waals surface area contributed by atoms with E-state index in [4.69, 9.17) is 11.6 Å². The first kappa shape index (κ1) is 13.2. The third kappa shape index (κ3) is 2.17. The topological polar surface area (TPSA) is 32.9 Å². The van der Waals surface area contributed by atoms with E-state index in [1.54, 1.807) is 6.07 Å². The third-order valence-corrected chi connectivity index (χ3v) is 3.87. The highest BCUT2D eigenvalue weighted by Crippen LogP contribution is 2.23. The highest BCUT2D eigenvalue weighted by molar-refractivity contribution is 6.32. The van der Waals surface area contributed by atoms with Crippen molar-refractivity contribution in [3.05, 3.63) is 44.2 Å². The molecule has 0 aliphatic heterocycles. The molecule has 0 saturated carbocycles. The number of hydrogen-bond acceptors (Lipinski definition) is 1. The van der Waals surface area contributed by atoms with Crippen molar-refractivity contribution >= 4 is 22.5 Å². The van der Waals surface area contributed by atoms with Crippen LogP contribution in [0.1, 0.15) is 36.6 Å². The number of fused-ring (bicyclic) bond motifs is 1. The van der Waals surface area contributed by atoms with Crippen LogP contribution in [0, 0.1) is 13.8 Å². The number of aryl methyl sites for hydroxylation is 2. The second-order valence-electron chi connectivity index (χ2n) is 4.76. The minimum Gasteiger partial charge on any atom is -0.358 e. The molecule has 0 unspecified atom stereocenters. The van der Waals surface area contributed by atoms with Gasteiger partial charge in [-0.1, -0.05) is 24.9 Å². The average Bonchev–Trinajstić information content (AvgIpc) is 2.34. The average molecular weight is 264 g/mol. The maximum atomic E-state index is 12.5. The second-order valence-corrected chi connectivity index (χ2v) is 5.16. The van der Waals surface area contributed by atoms with Crippen molar-refractivity contribution in [3.63, 3.8) is 0 Å². The van der Waals surface area contributed by atoms with E-state index in [2.05, 4.69) is 11.9 Å². The number of rotatable bonds is 3. The van der Waals surface area contributed by atoms with Gasteiger partial charge in [-0.3, -0.25) is 4.79 Å². The van der Waals surface area contributed by atoms with Gasteiger partial charge in [0.25, 0.3) is 0 Å². The van der Waals surface area contributed by atoms with E-state index >= 15 is 0 Å². The van der Waals surface area contributed by atoms with E-state index in [0.717, 1.165) is 47.0 Å². The van der Waals surface area contributed by atoms with Gasteiger partial charge in [0, 0.05) is 21.7 Å². The molecule has 3 heteroatoms. The minimum absolute atomic E-state index is 0.148. The summed E-state index contributed by atoms with van der Waals surface area (Å²) in [4.78, 5) is 15.8. The van der Waals surface area contributed by atoms with E-state index in [1.807, 2.05) is 19.9 Å². The van der Waals surface area contributed by atoms with Gasteiger partial charge in [0.2, 0.25) is 0 Å². The molecule has 0 atom stereocenters. The van der Waals surface area contributed by atoms with Gasteiger partial charge in [-0.05, 0) is 44.4 Å². The summed E-state index contributed by atoms with van der Waals surface area (Å²) in [6.07, 6.45) is 2.98. The number of aromatic amines is 1. The molecule has 1 aromatic carbocycles. The molecule has 0 fully saturated rings. The molecule has 0 saturated heterocycles. The second kappa shape index (κ2) is 5.15. The van der Waals surface area contributed by atoms with Crippen molar-refractivity contribution in [2.75, 3.05) is 0 Å². The fourth-order valence-electron chi connectivity index (χ4n) is 2.29. The molecule has 0 amide bonds. The van der Waals surface area contributed by atoms with Crippen LogP contribution < -0.4 is 5.43 Å². The van der Waals surface area contributed by atoms with E-state index in [9.17, 15) is 4.79 Å². The van der Waals surface area contributed by atoms with Crippen LogP contribution in [0.5, 0.6) is 0 Å². The molecule has 0 radical (unpaired) electrons. The molecule has 0 aliphatic carbocycles. The standard InChI is InChI=1S/C15H18ClNO/c1-4-5-6-11-10(3)17-14-9(2)13(16)8-7-12(14)15(11)18/h7-8H,4-6H2,1-3H3,(H,17,18). The number of nitrogens with one attached hydrogen (secondary N) is 1. The van der Waals surface area contributed by atoms with Gasteiger partial charge in [0.15, 0.2) is 5.43 Å². The van der Waals surface area contributed by atoms with Crippen LogP contribution in [0.25, 0.3) is 10.9 Å². The van der Waals surface area contributed by atoms with Crippen LogP contribution in [-0.2, 0) is 6.42 Å². The van der Waals surface area contributed by atoms with Crippen LogP contribution in [0.4, 0.5) is 0 Å². The zero-order valence-electron chi connectivity index (χ0n) is 11.1. The largest absolute Gasteiger partial charge is 0.358 e. The van der Waals surface area contributed by atoms with E-state index in [-0.39, 0.29) is 5.43 Å². The van der Waals surface area contributed by atoms with Crippen LogP contribution in [-0.4, -0.2) is 4.98 Å². The molecular formula is C15H18ClNO. The number of unbranched alkanes of at least 4 members (excludes halogenated alkanes) is 1. The molecule has 0 bridgehead atoms. The van der Waals surface area contributed by atoms with E-state index < -0.39 is 0 Å². The predicted molar refractivity (Wildman–Crippen MR) is 77.7 cm³/mol. The first-order valence-corrected chi connectivity index (χ1v) is 6.74. The van der Waals surface area contributed by atoms with Gasteiger partial charge in [0.1, 0.15) is 0 Å². The van der Waals surface area contributed by atoms with Crippen molar-refractivity contribution < 1.29 is 0 Å². The summed E-state index contributed by atoms with van der Waals surface area (Å²) >= 11 is 6.09. The number of aromatic nitrogens is 1. The van der Waals surface area contributed by atoms with Crippen molar-refractivity contribution in [3.8, 4) is 0 Å². The third-order valence-electron chi connectivity index (χ3n) is 3.46. The lowest BCUT2D eigenvalue weighted by Gasteiger charge is -2.10. The summed E-state index contributed by atoms with van der Waals surface area (Å²) < 4.78 is 0. The van der Waals surface area contributed by atoms with E-state index in [0.29, 0.717) is 5.02 Å². The number of pyridine rings is 1. The van der Waals surface area contributed by atoms with Crippen LogP contribution in [0.3, 0.4) is 0 Å². The maximum absolute atomic E-state index is 12.5. The van der Waals surface area contributed by atoms with Gasteiger partial charge < -0.3 is 4.98 Å². The molecule has 2 aromatic rings. The fraction of sp³-hybridized carbons (Fsp3) is 0.400. The van der Waals surface area contributed by atoms with E-state index in [1.165, 1.54) is 0 Å². The summed E-state index contributed by atoms with van der Waals surface area (Å²) in [7, 11) is 0. The Kier molecular flexibility index (Phi) is 3.76. The Labute approximate surface area is 112 Å². The summed E-state index contributed by atoms with van der Waals surface area (Å²) in [6, 6.07) is 3.62. The summed E-state index contributed by atoms with van der Waals surface area (Å²) in [6.45, 7) is 6.03. The molecule has 1 aromatic heterocycles. The first-order chi connectivity index (χ1) is 8.56. The molecule has 0 aliphatic rings. The molecule has 18 heavy (non-hydrogen) atoms. The summed E-state index contributed by atoms with van der Waals surface area (Å²) in [5.41, 5.74) is 3.83. The predicted octanol–water partition coefficient (Wildman–Crippen LogP) is 4.14. The Morgan fingerprint density at radius 1 is 1.28 bits per heavy atom. The quantitative estimate of drug-likeness (QED) is 0.887. The van der Waals surface area contributed by atoms with Crippen molar-refractivity contribution in [2.24, 2.45) is 0 Å². The summed E-state index contributed by atoms with van der Waals surface area (Å²) in [5, 5.41) is 1.44. The Morgan fingerprint density at radius 3 is 2.67 bits per heavy atom. The normalized spacial score (nSPS) is 11.1. The molecule has 1 heterocycles. The molecule has 2 rings (SSSR count). The van der Waals surface area contributed by atoms with Crippen molar-refractivity contribution in [2.45, 2.75) is 40.0 Å². The lowest BCUT2D eigenvalue weighted by atomic mass is 10.0. The van der Waals surface area contributed by atoms with Gasteiger partial charge in [0.05, 0.1) is 5.52 Å². The Bertz CT molecular complexity index is 643. The van der Waals surface area contributed by atoms with Gasteiger partial charge in [-0.25, -0.2) is 0 Å². The summed E-state index contributed by atoms with van der Waals surface area (Å²) in [5.74, 6) is 0. The fourth-order valence-corrected chi connectivity index (χ4v) is 2.44. The highest BCUT2D eigenvalue weighted by atomic mass is 35.5. The zero-order valence-corrected chi connectivity index (χ0v) is 11.8. The molecule has 2 nitrogen and oxygen atoms in total. The van der Waals surface area contributed by atoms with Crippen molar-refractivity contribution in [1.82, 2.24) is 4.98 Å². The first-order valence-electron chi connectivity index (χ1n) is 6.36. The zero-order chi connectivity index (χ0) is 13.3. The van der Waals surface area contributed by atoms with Crippen LogP contribution >= 0.6 is 11.6 Å². The lowest BCUT2D eigenvalue weighted by molar-refractivity contribution is 0.784. The highest BCUT2D eigenvalue weighted by Gasteiger charge is 2.11. The number of benzene rings is 1. The lowest BCUT2D eigenvalue weighted by Crippen LogP contribution is -2.14. The minimum atomic E-state index is 0.148. The van der Waals surface area contributed by atoms with Gasteiger partial charge in [-0.15, -0.1) is 0 Å². The molecule has 0 spiro atoms. The van der Waals surface area contributed by atoms with Crippen LogP contribution in [0.15, 0.2) is 16.9 Å². The molecule has 96 valence electrons. The molecule has 1 N–H and O–H groups in total. The van der Waals surface area contributed by atoms with Gasteiger partial charge in [-0.2, -0.15) is 0 Å². The van der Waals surface area contributed by atoms with Crippen LogP contribution in [0.2, 0.25) is 5.02 Å².